The number of benzene rings is 1. The van der Waals surface area contributed by atoms with Gasteiger partial charge in [-0.15, -0.1) is 0 Å². The number of nitro groups is 1. The first-order valence-electron chi connectivity index (χ1n) is 7.34. The fourth-order valence-corrected chi connectivity index (χ4v) is 2.10. The number of carboxylic acid groups (broad SMARTS) is 1. The van der Waals surface area contributed by atoms with Crippen LogP contribution in [-0.2, 0) is 9.59 Å². The lowest BCUT2D eigenvalue weighted by Crippen LogP contribution is -2.51. The lowest BCUT2D eigenvalue weighted by molar-refractivity contribution is -0.384. The average molecular weight is 339 g/mol. The third-order valence-corrected chi connectivity index (χ3v) is 3.41. The third-order valence-electron chi connectivity index (χ3n) is 3.41. The molecule has 0 spiro atoms. The average Bonchev–Trinajstić information content (AvgIpc) is 2.52. The van der Waals surface area contributed by atoms with E-state index in [-0.39, 0.29) is 23.6 Å². The van der Waals surface area contributed by atoms with Gasteiger partial charge in [-0.05, 0) is 30.0 Å². The maximum Gasteiger partial charge on any atom is 0.326 e. The van der Waals surface area contributed by atoms with Crippen molar-refractivity contribution < 1.29 is 24.7 Å². The summed E-state index contributed by atoms with van der Waals surface area (Å²) in [6.45, 7) is 3.63. The molecule has 9 nitrogen and oxygen atoms in total. The number of nitrogens with two attached hydrogens (primary N) is 1. The summed E-state index contributed by atoms with van der Waals surface area (Å²) in [4.78, 5) is 33.2. The number of hydrogen-bond acceptors (Lipinski definition) is 6. The number of carbonyl (C=O) groups is 2. The second-order valence-corrected chi connectivity index (χ2v) is 5.85. The van der Waals surface area contributed by atoms with Crippen molar-refractivity contribution in [2.24, 2.45) is 11.7 Å². The zero-order valence-corrected chi connectivity index (χ0v) is 13.4. The van der Waals surface area contributed by atoms with Crippen molar-refractivity contribution in [3.05, 3.63) is 39.9 Å². The smallest absolute Gasteiger partial charge is 0.326 e. The Morgan fingerprint density at radius 3 is 2.25 bits per heavy atom. The number of nitrogens with one attached hydrogen (secondary N) is 1. The van der Waals surface area contributed by atoms with Crippen molar-refractivity contribution in [3.8, 4) is 0 Å². The van der Waals surface area contributed by atoms with Gasteiger partial charge in [-0.2, -0.15) is 0 Å². The van der Waals surface area contributed by atoms with E-state index in [1.165, 1.54) is 24.3 Å². The molecule has 1 rings (SSSR count). The van der Waals surface area contributed by atoms with Gasteiger partial charge in [0.1, 0.15) is 18.2 Å². The standard InChI is InChI=1S/C15H21N3O6/c1-8(2)7-11(15(21)22)17-14(20)12(16)13(19)9-3-5-10(6-4-9)18(23)24/h3-6,8,11-13,19H,7,16H2,1-2H3,(H,17,20)(H,21,22)/t11-,12+,13-/m1/s1. The summed E-state index contributed by atoms with van der Waals surface area (Å²) < 4.78 is 0. The van der Waals surface area contributed by atoms with Gasteiger partial charge < -0.3 is 21.3 Å². The Morgan fingerprint density at radius 2 is 1.83 bits per heavy atom. The van der Waals surface area contributed by atoms with E-state index in [2.05, 4.69) is 5.32 Å². The lowest BCUT2D eigenvalue weighted by Gasteiger charge is -2.22. The van der Waals surface area contributed by atoms with Gasteiger partial charge in [0.05, 0.1) is 4.92 Å². The predicted octanol–water partition coefficient (Wildman–Crippen LogP) is 0.571. The van der Waals surface area contributed by atoms with E-state index in [4.69, 9.17) is 10.8 Å². The van der Waals surface area contributed by atoms with Crippen LogP contribution in [0.4, 0.5) is 5.69 Å². The molecule has 0 unspecified atom stereocenters. The fourth-order valence-electron chi connectivity index (χ4n) is 2.10. The molecular weight excluding hydrogens is 318 g/mol. The molecule has 0 bridgehead atoms. The molecule has 132 valence electrons. The van der Waals surface area contributed by atoms with Gasteiger partial charge in [-0.1, -0.05) is 13.8 Å². The van der Waals surface area contributed by atoms with Crippen molar-refractivity contribution in [2.75, 3.05) is 0 Å². The number of nitro benzene ring substituents is 1. The molecule has 0 aliphatic heterocycles. The quantitative estimate of drug-likeness (QED) is 0.398. The normalized spacial score (nSPS) is 14.7. The molecule has 24 heavy (non-hydrogen) atoms. The monoisotopic (exact) mass is 339 g/mol. The molecule has 0 fully saturated rings. The highest BCUT2D eigenvalue weighted by Crippen LogP contribution is 2.20. The van der Waals surface area contributed by atoms with Crippen LogP contribution in [0.5, 0.6) is 0 Å². The van der Waals surface area contributed by atoms with Crippen molar-refractivity contribution in [3.63, 3.8) is 0 Å². The highest BCUT2D eigenvalue weighted by atomic mass is 16.6. The molecule has 1 amide bonds. The van der Waals surface area contributed by atoms with Gasteiger partial charge in [-0.3, -0.25) is 14.9 Å². The zero-order chi connectivity index (χ0) is 18.4. The molecule has 1 aromatic carbocycles. The Kier molecular flexibility index (Phi) is 6.81. The topological polar surface area (TPSA) is 156 Å². The zero-order valence-electron chi connectivity index (χ0n) is 13.4. The van der Waals surface area contributed by atoms with Crippen LogP contribution in [0.1, 0.15) is 31.9 Å². The van der Waals surface area contributed by atoms with Crippen molar-refractivity contribution in [1.29, 1.82) is 0 Å². The Morgan fingerprint density at radius 1 is 1.29 bits per heavy atom. The highest BCUT2D eigenvalue weighted by molar-refractivity contribution is 5.87. The van der Waals surface area contributed by atoms with Crippen LogP contribution in [0.3, 0.4) is 0 Å². The molecular formula is C15H21N3O6. The summed E-state index contributed by atoms with van der Waals surface area (Å²) in [5.74, 6) is -1.95. The molecule has 0 radical (unpaired) electrons. The Balaban J connectivity index is 2.79. The summed E-state index contributed by atoms with van der Waals surface area (Å²) in [6.07, 6.45) is -1.19. The number of aliphatic hydroxyl groups excluding tert-OH is 1. The number of carbonyl (C=O) groups excluding carboxylic acids is 1. The second kappa shape index (κ2) is 8.37. The molecule has 5 N–H and O–H groups in total. The molecule has 0 aromatic heterocycles. The van der Waals surface area contributed by atoms with Crippen LogP contribution < -0.4 is 11.1 Å². The first-order chi connectivity index (χ1) is 11.1. The van der Waals surface area contributed by atoms with Crippen LogP contribution >= 0.6 is 0 Å². The molecule has 0 aliphatic carbocycles. The minimum Gasteiger partial charge on any atom is -0.480 e. The second-order valence-electron chi connectivity index (χ2n) is 5.85. The molecule has 0 heterocycles. The van der Waals surface area contributed by atoms with E-state index < -0.39 is 35.0 Å². The number of rotatable bonds is 8. The van der Waals surface area contributed by atoms with Crippen LogP contribution in [0.15, 0.2) is 24.3 Å². The van der Waals surface area contributed by atoms with Crippen LogP contribution in [0.25, 0.3) is 0 Å². The number of carboxylic acids is 1. The van der Waals surface area contributed by atoms with Crippen molar-refractivity contribution in [1.82, 2.24) is 5.32 Å². The molecule has 0 saturated heterocycles. The van der Waals surface area contributed by atoms with Gasteiger partial charge in [0.15, 0.2) is 0 Å². The van der Waals surface area contributed by atoms with E-state index in [0.717, 1.165) is 0 Å². The largest absolute Gasteiger partial charge is 0.480 e. The van der Waals surface area contributed by atoms with Gasteiger partial charge in [-0.25, -0.2) is 4.79 Å². The molecule has 3 atom stereocenters. The number of hydrogen-bond donors (Lipinski definition) is 4. The van der Waals surface area contributed by atoms with E-state index in [9.17, 15) is 24.8 Å². The summed E-state index contributed by atoms with van der Waals surface area (Å²) in [7, 11) is 0. The number of amides is 1. The Bertz CT molecular complexity index is 602. The van der Waals surface area contributed by atoms with Crippen LogP contribution in [0.2, 0.25) is 0 Å². The van der Waals surface area contributed by atoms with Gasteiger partial charge in [0, 0.05) is 12.1 Å². The summed E-state index contributed by atoms with van der Waals surface area (Å²) in [5.41, 5.74) is 5.74. The molecule has 0 saturated carbocycles. The summed E-state index contributed by atoms with van der Waals surface area (Å²) >= 11 is 0. The summed E-state index contributed by atoms with van der Waals surface area (Å²) in [6, 6.07) is 2.44. The minimum absolute atomic E-state index is 0.0437. The van der Waals surface area contributed by atoms with E-state index in [1.807, 2.05) is 13.8 Å². The van der Waals surface area contributed by atoms with Crippen LogP contribution in [0, 0.1) is 16.0 Å². The molecule has 9 heteroatoms. The predicted molar refractivity (Wildman–Crippen MR) is 85.1 cm³/mol. The molecule has 0 aliphatic rings. The van der Waals surface area contributed by atoms with E-state index >= 15 is 0 Å². The number of non-ortho nitro benzene ring substituents is 1. The Labute approximate surface area is 138 Å². The van der Waals surface area contributed by atoms with Crippen molar-refractivity contribution in [2.45, 2.75) is 38.5 Å². The highest BCUT2D eigenvalue weighted by Gasteiger charge is 2.29. The van der Waals surface area contributed by atoms with E-state index in [1.54, 1.807) is 0 Å². The van der Waals surface area contributed by atoms with Gasteiger partial charge >= 0.3 is 5.97 Å². The van der Waals surface area contributed by atoms with Gasteiger partial charge in [0.25, 0.3) is 5.69 Å². The molecule has 1 aromatic rings. The van der Waals surface area contributed by atoms with Crippen molar-refractivity contribution >= 4 is 17.6 Å². The summed E-state index contributed by atoms with van der Waals surface area (Å²) in [5, 5.41) is 32.1. The third kappa shape index (κ3) is 5.28. The number of nitrogens with zero attached hydrogens (tertiary/aromatic N) is 1. The maximum atomic E-state index is 12.1. The fraction of sp³-hybridized carbons (Fsp3) is 0.467. The Hall–Kier alpha value is -2.52. The minimum atomic E-state index is -1.42. The van der Waals surface area contributed by atoms with Gasteiger partial charge in [0.2, 0.25) is 5.91 Å². The van der Waals surface area contributed by atoms with Crippen LogP contribution in [-0.4, -0.2) is 39.1 Å². The number of aliphatic carboxylic acids is 1. The van der Waals surface area contributed by atoms with E-state index in [0.29, 0.717) is 0 Å². The SMILES string of the molecule is CC(C)C[C@@H](NC(=O)[C@@H](N)[C@H](O)c1ccc([N+](=O)[O-])cc1)C(=O)O. The first-order valence-corrected chi connectivity index (χ1v) is 7.34. The first kappa shape index (κ1) is 19.5. The lowest BCUT2D eigenvalue weighted by atomic mass is 10.00. The maximum absolute atomic E-state index is 12.1. The number of aliphatic hydroxyl groups is 1.